The molecule has 1 aromatic heterocycles. The number of amides is 1. The maximum absolute atomic E-state index is 13.0. The lowest BCUT2D eigenvalue weighted by Crippen LogP contribution is -2.30. The van der Waals surface area contributed by atoms with Crippen LogP contribution in [0.3, 0.4) is 0 Å². The Morgan fingerprint density at radius 1 is 1.43 bits per heavy atom. The Kier molecular flexibility index (Phi) is 4.69. The second-order valence-electron chi connectivity index (χ2n) is 4.81. The molecule has 1 unspecified atom stereocenters. The van der Waals surface area contributed by atoms with E-state index < -0.39 is 35.3 Å². The fourth-order valence-electron chi connectivity index (χ4n) is 2.06. The molecule has 1 amide bonds. The summed E-state index contributed by atoms with van der Waals surface area (Å²) in [6, 6.07) is 5.06. The summed E-state index contributed by atoms with van der Waals surface area (Å²) in [5, 5.41) is 15.5. The van der Waals surface area contributed by atoms with Gasteiger partial charge in [-0.05, 0) is 17.7 Å². The summed E-state index contributed by atoms with van der Waals surface area (Å²) in [6.07, 6.45) is -5.19. The third-order valence-electron chi connectivity index (χ3n) is 3.14. The molecule has 0 bridgehead atoms. The average Bonchev–Trinajstić information content (AvgIpc) is 2.86. The maximum Gasteiger partial charge on any atom is 0.433 e. The number of aliphatic hydroxyl groups excluding tert-OH is 1. The minimum atomic E-state index is -4.74. The smallest absolute Gasteiger partial charge is 0.387 e. The Labute approximate surface area is 128 Å². The zero-order chi connectivity index (χ0) is 17.2. The number of alkyl halides is 3. The van der Waals surface area contributed by atoms with E-state index >= 15 is 0 Å². The van der Waals surface area contributed by atoms with Crippen molar-refractivity contribution in [1.29, 1.82) is 0 Å². The van der Waals surface area contributed by atoms with E-state index in [-0.39, 0.29) is 12.1 Å². The molecule has 0 aliphatic carbocycles. The standard InChI is InChI=1S/C14H13F4N3O2/c1-21-12(14(16,17)18)10(6-20-21)13(23)19-7-11(22)8-3-2-4-9(15)5-8/h2-6,11,22H,7H2,1H3,(H,19,23). The molecule has 2 N–H and O–H groups in total. The molecule has 124 valence electrons. The van der Waals surface area contributed by atoms with Gasteiger partial charge in [0.2, 0.25) is 0 Å². The van der Waals surface area contributed by atoms with E-state index in [4.69, 9.17) is 0 Å². The van der Waals surface area contributed by atoms with Crippen molar-refractivity contribution in [3.05, 3.63) is 53.1 Å². The second-order valence-corrected chi connectivity index (χ2v) is 4.81. The number of carbonyl (C=O) groups excluding carboxylic acids is 1. The average molecular weight is 331 g/mol. The highest BCUT2D eigenvalue weighted by Crippen LogP contribution is 2.31. The molecular formula is C14H13F4N3O2. The van der Waals surface area contributed by atoms with Crippen LogP contribution in [0.25, 0.3) is 0 Å². The minimum Gasteiger partial charge on any atom is -0.387 e. The fourth-order valence-corrected chi connectivity index (χ4v) is 2.06. The van der Waals surface area contributed by atoms with Crippen molar-refractivity contribution in [1.82, 2.24) is 15.1 Å². The molecule has 0 aliphatic rings. The monoisotopic (exact) mass is 331 g/mol. The van der Waals surface area contributed by atoms with Crippen LogP contribution in [0.2, 0.25) is 0 Å². The molecule has 23 heavy (non-hydrogen) atoms. The van der Waals surface area contributed by atoms with Gasteiger partial charge in [-0.15, -0.1) is 0 Å². The van der Waals surface area contributed by atoms with Crippen LogP contribution in [0.15, 0.2) is 30.5 Å². The SMILES string of the molecule is Cn1ncc(C(=O)NCC(O)c2cccc(F)c2)c1C(F)(F)F. The summed E-state index contributed by atoms with van der Waals surface area (Å²) < 4.78 is 52.2. The van der Waals surface area contributed by atoms with Gasteiger partial charge < -0.3 is 10.4 Å². The number of aliphatic hydroxyl groups is 1. The van der Waals surface area contributed by atoms with Crippen LogP contribution in [-0.4, -0.2) is 27.3 Å². The number of aryl methyl sites for hydroxylation is 1. The van der Waals surface area contributed by atoms with Gasteiger partial charge in [-0.25, -0.2) is 4.39 Å². The third kappa shape index (κ3) is 3.86. The number of aromatic nitrogens is 2. The quantitative estimate of drug-likeness (QED) is 0.843. The van der Waals surface area contributed by atoms with Crippen LogP contribution in [0.1, 0.15) is 27.7 Å². The van der Waals surface area contributed by atoms with Crippen LogP contribution in [0.5, 0.6) is 0 Å². The normalized spacial score (nSPS) is 13.0. The number of carbonyl (C=O) groups is 1. The van der Waals surface area contributed by atoms with E-state index in [1.165, 1.54) is 18.2 Å². The maximum atomic E-state index is 13.0. The van der Waals surface area contributed by atoms with E-state index in [0.717, 1.165) is 19.3 Å². The van der Waals surface area contributed by atoms with Crippen molar-refractivity contribution in [2.45, 2.75) is 12.3 Å². The van der Waals surface area contributed by atoms with Gasteiger partial charge in [0.15, 0.2) is 5.69 Å². The number of halogens is 4. The van der Waals surface area contributed by atoms with E-state index in [0.29, 0.717) is 4.68 Å². The molecule has 0 fully saturated rings. The first kappa shape index (κ1) is 16.9. The fraction of sp³-hybridized carbons (Fsp3) is 0.286. The molecule has 2 aromatic rings. The van der Waals surface area contributed by atoms with Crippen molar-refractivity contribution >= 4 is 5.91 Å². The number of hydrogen-bond acceptors (Lipinski definition) is 3. The highest BCUT2D eigenvalue weighted by Gasteiger charge is 2.39. The highest BCUT2D eigenvalue weighted by atomic mass is 19.4. The molecule has 0 saturated carbocycles. The molecule has 5 nitrogen and oxygen atoms in total. The third-order valence-corrected chi connectivity index (χ3v) is 3.14. The number of nitrogens with one attached hydrogen (secondary N) is 1. The van der Waals surface area contributed by atoms with Crippen LogP contribution >= 0.6 is 0 Å². The van der Waals surface area contributed by atoms with Crippen LogP contribution in [-0.2, 0) is 13.2 Å². The zero-order valence-corrected chi connectivity index (χ0v) is 11.9. The molecule has 1 heterocycles. The van der Waals surface area contributed by atoms with Gasteiger partial charge >= 0.3 is 6.18 Å². The molecule has 0 saturated heterocycles. The summed E-state index contributed by atoms with van der Waals surface area (Å²) in [4.78, 5) is 11.9. The largest absolute Gasteiger partial charge is 0.433 e. The summed E-state index contributed by atoms with van der Waals surface area (Å²) >= 11 is 0. The van der Waals surface area contributed by atoms with Gasteiger partial charge in [-0.3, -0.25) is 9.48 Å². The first-order chi connectivity index (χ1) is 10.7. The lowest BCUT2D eigenvalue weighted by atomic mass is 10.1. The van der Waals surface area contributed by atoms with Gasteiger partial charge in [0.25, 0.3) is 5.91 Å². The Morgan fingerprint density at radius 3 is 2.74 bits per heavy atom. The van der Waals surface area contributed by atoms with E-state index in [1.54, 1.807) is 0 Å². The van der Waals surface area contributed by atoms with Gasteiger partial charge in [-0.1, -0.05) is 12.1 Å². The van der Waals surface area contributed by atoms with Crippen molar-refractivity contribution in [3.63, 3.8) is 0 Å². The Morgan fingerprint density at radius 2 is 2.13 bits per heavy atom. The van der Waals surface area contributed by atoms with Crippen molar-refractivity contribution in [3.8, 4) is 0 Å². The Bertz CT molecular complexity index is 712. The van der Waals surface area contributed by atoms with Gasteiger partial charge in [0.05, 0.1) is 17.9 Å². The topological polar surface area (TPSA) is 67.2 Å². The number of rotatable bonds is 4. The molecule has 0 aliphatic heterocycles. The number of nitrogens with zero attached hydrogens (tertiary/aromatic N) is 2. The summed E-state index contributed by atoms with van der Waals surface area (Å²) in [5.74, 6) is -1.60. The van der Waals surface area contributed by atoms with E-state index in [9.17, 15) is 27.5 Å². The predicted molar refractivity (Wildman–Crippen MR) is 71.9 cm³/mol. The first-order valence-corrected chi connectivity index (χ1v) is 6.51. The molecule has 0 radical (unpaired) electrons. The molecule has 9 heteroatoms. The van der Waals surface area contributed by atoms with Gasteiger partial charge in [-0.2, -0.15) is 18.3 Å². The van der Waals surface area contributed by atoms with Crippen molar-refractivity contribution in [2.75, 3.05) is 6.54 Å². The van der Waals surface area contributed by atoms with Crippen LogP contribution in [0, 0.1) is 5.82 Å². The minimum absolute atomic E-state index is 0.201. The molecule has 1 aromatic carbocycles. The molecular weight excluding hydrogens is 318 g/mol. The Balaban J connectivity index is 2.09. The molecule has 2 rings (SSSR count). The van der Waals surface area contributed by atoms with E-state index in [2.05, 4.69) is 10.4 Å². The lowest BCUT2D eigenvalue weighted by molar-refractivity contribution is -0.144. The predicted octanol–water partition coefficient (Wildman–Crippen LogP) is 2.04. The highest BCUT2D eigenvalue weighted by molar-refractivity contribution is 5.95. The van der Waals surface area contributed by atoms with Crippen LogP contribution in [0.4, 0.5) is 17.6 Å². The summed E-state index contributed by atoms with van der Waals surface area (Å²) in [7, 11) is 1.07. The zero-order valence-electron chi connectivity index (χ0n) is 11.9. The first-order valence-electron chi connectivity index (χ1n) is 6.51. The Hall–Kier alpha value is -2.42. The molecule has 0 spiro atoms. The van der Waals surface area contributed by atoms with Crippen molar-refractivity contribution < 1.29 is 27.5 Å². The van der Waals surface area contributed by atoms with E-state index in [1.807, 2.05) is 0 Å². The van der Waals surface area contributed by atoms with Gasteiger partial charge in [0, 0.05) is 13.6 Å². The van der Waals surface area contributed by atoms with Crippen molar-refractivity contribution in [2.24, 2.45) is 7.05 Å². The summed E-state index contributed by atoms with van der Waals surface area (Å²) in [6.45, 7) is -0.367. The second kappa shape index (κ2) is 6.37. The number of hydrogen-bond donors (Lipinski definition) is 2. The van der Waals surface area contributed by atoms with Gasteiger partial charge in [0.1, 0.15) is 5.82 Å². The number of benzene rings is 1. The molecule has 1 atom stereocenters. The summed E-state index contributed by atoms with van der Waals surface area (Å²) in [5.41, 5.74) is -1.63. The van der Waals surface area contributed by atoms with Crippen LogP contribution < -0.4 is 5.32 Å². The lowest BCUT2D eigenvalue weighted by Gasteiger charge is -2.13.